The maximum atomic E-state index is 13.5. The minimum absolute atomic E-state index is 0.0572. The van der Waals surface area contributed by atoms with Crippen molar-refractivity contribution in [1.29, 1.82) is 0 Å². The van der Waals surface area contributed by atoms with Crippen molar-refractivity contribution >= 4 is 21.4 Å². The number of amides is 1. The molecule has 1 aliphatic heterocycles. The van der Waals surface area contributed by atoms with Crippen LogP contribution < -0.4 is 9.64 Å². The maximum Gasteiger partial charge on any atom is 0.471 e. The van der Waals surface area contributed by atoms with E-state index in [0.29, 0.717) is 16.3 Å². The fourth-order valence-corrected chi connectivity index (χ4v) is 4.50. The summed E-state index contributed by atoms with van der Waals surface area (Å²) < 4.78 is 82.4. The number of carbonyl (C=O) groups excluding carboxylic acids is 1. The quantitative estimate of drug-likeness (QED) is 0.676. The van der Waals surface area contributed by atoms with Crippen molar-refractivity contribution in [2.45, 2.75) is 16.0 Å². The van der Waals surface area contributed by atoms with Gasteiger partial charge in [0.2, 0.25) is 9.84 Å². The van der Waals surface area contributed by atoms with Crippen LogP contribution in [0.1, 0.15) is 0 Å². The third kappa shape index (κ3) is 4.35. The molecule has 0 aliphatic carbocycles. The Morgan fingerprint density at radius 3 is 2.20 bits per heavy atom. The molecule has 30 heavy (non-hydrogen) atoms. The molecule has 162 valence electrons. The van der Waals surface area contributed by atoms with Crippen molar-refractivity contribution in [2.24, 2.45) is 0 Å². The number of anilines is 1. The molecule has 2 aromatic carbocycles. The van der Waals surface area contributed by atoms with E-state index in [4.69, 9.17) is 4.74 Å². The Kier molecular flexibility index (Phi) is 5.93. The molecular weight excluding hydrogens is 428 g/mol. The molecular formula is C19H18F4N2O4S. The van der Waals surface area contributed by atoms with Crippen LogP contribution in [0.25, 0.3) is 0 Å². The molecule has 3 rings (SSSR count). The minimum atomic E-state index is -4.95. The molecule has 2 aromatic rings. The Hall–Kier alpha value is -2.82. The molecule has 0 atom stereocenters. The van der Waals surface area contributed by atoms with E-state index in [2.05, 4.69) is 0 Å². The van der Waals surface area contributed by atoms with Crippen LogP contribution in [0.15, 0.2) is 52.3 Å². The molecule has 0 unspecified atom stereocenters. The monoisotopic (exact) mass is 446 g/mol. The van der Waals surface area contributed by atoms with E-state index in [-0.39, 0.29) is 36.0 Å². The number of methoxy groups -OCH3 is 1. The first kappa shape index (κ1) is 21.9. The van der Waals surface area contributed by atoms with Gasteiger partial charge in [0.1, 0.15) is 11.6 Å². The fraction of sp³-hybridized carbons (Fsp3) is 0.316. The number of rotatable bonds is 4. The number of hydrogen-bond donors (Lipinski definition) is 0. The van der Waals surface area contributed by atoms with Gasteiger partial charge in [0, 0.05) is 26.2 Å². The summed E-state index contributed by atoms with van der Waals surface area (Å²) in [5.74, 6) is -2.28. The summed E-state index contributed by atoms with van der Waals surface area (Å²) in [5, 5.41) is 0. The molecule has 1 heterocycles. The second kappa shape index (κ2) is 8.13. The predicted molar refractivity (Wildman–Crippen MR) is 99.7 cm³/mol. The van der Waals surface area contributed by atoms with E-state index in [9.17, 15) is 30.8 Å². The molecule has 0 spiro atoms. The zero-order chi connectivity index (χ0) is 22.1. The standard InChI is InChI=1S/C19H18F4N2O4S/c1-29-17-6-5-15(30(27,28)14-4-2-3-13(20)11-14)12-16(17)24-7-9-25(10-8-24)18(26)19(21,22)23/h2-6,11-12H,7-10H2,1H3. The highest BCUT2D eigenvalue weighted by molar-refractivity contribution is 7.91. The van der Waals surface area contributed by atoms with E-state index in [0.717, 1.165) is 12.1 Å². The molecule has 1 fully saturated rings. The molecule has 11 heteroatoms. The number of halogens is 4. The molecule has 6 nitrogen and oxygen atoms in total. The van der Waals surface area contributed by atoms with Gasteiger partial charge >= 0.3 is 12.1 Å². The number of sulfone groups is 1. The van der Waals surface area contributed by atoms with Gasteiger partial charge in [-0.3, -0.25) is 4.79 Å². The van der Waals surface area contributed by atoms with Gasteiger partial charge in [-0.15, -0.1) is 0 Å². The van der Waals surface area contributed by atoms with Gasteiger partial charge in [-0.2, -0.15) is 13.2 Å². The lowest BCUT2D eigenvalue weighted by Crippen LogP contribution is -2.52. The van der Waals surface area contributed by atoms with Gasteiger partial charge in [-0.05, 0) is 36.4 Å². The number of alkyl halides is 3. The van der Waals surface area contributed by atoms with Crippen molar-refractivity contribution in [2.75, 3.05) is 38.2 Å². The van der Waals surface area contributed by atoms with Crippen molar-refractivity contribution in [1.82, 2.24) is 4.90 Å². The highest BCUT2D eigenvalue weighted by Gasteiger charge is 2.43. The number of carbonyl (C=O) groups is 1. The van der Waals surface area contributed by atoms with E-state index >= 15 is 0 Å². The lowest BCUT2D eigenvalue weighted by Gasteiger charge is -2.36. The average Bonchev–Trinajstić information content (AvgIpc) is 2.72. The summed E-state index contributed by atoms with van der Waals surface area (Å²) in [4.78, 5) is 13.4. The van der Waals surface area contributed by atoms with Crippen molar-refractivity contribution < 1.29 is 35.5 Å². The van der Waals surface area contributed by atoms with Gasteiger partial charge in [-0.25, -0.2) is 12.8 Å². The topological polar surface area (TPSA) is 66.9 Å². The highest BCUT2D eigenvalue weighted by atomic mass is 32.2. The first-order valence-electron chi connectivity index (χ1n) is 8.84. The first-order chi connectivity index (χ1) is 14.0. The molecule has 0 saturated carbocycles. The molecule has 0 bridgehead atoms. The molecule has 1 aliphatic rings. The van der Waals surface area contributed by atoms with Gasteiger partial charge in [-0.1, -0.05) is 6.07 Å². The van der Waals surface area contributed by atoms with E-state index < -0.39 is 27.7 Å². The third-order valence-corrected chi connectivity index (χ3v) is 6.47. The van der Waals surface area contributed by atoms with Crippen LogP contribution in [-0.4, -0.2) is 58.7 Å². The normalized spacial score (nSPS) is 15.2. The van der Waals surface area contributed by atoms with Crippen LogP contribution in [0.5, 0.6) is 5.75 Å². The number of nitrogens with zero attached hydrogens (tertiary/aromatic N) is 2. The lowest BCUT2D eigenvalue weighted by atomic mass is 10.2. The van der Waals surface area contributed by atoms with Crippen molar-refractivity contribution in [3.8, 4) is 5.75 Å². The molecule has 0 aromatic heterocycles. The van der Waals surface area contributed by atoms with Crippen LogP contribution in [0.3, 0.4) is 0 Å². The van der Waals surface area contributed by atoms with Gasteiger partial charge in [0.05, 0.1) is 22.6 Å². The van der Waals surface area contributed by atoms with Gasteiger partial charge in [0.15, 0.2) is 0 Å². The van der Waals surface area contributed by atoms with E-state index in [1.165, 1.54) is 37.4 Å². The lowest BCUT2D eigenvalue weighted by molar-refractivity contribution is -0.185. The number of ether oxygens (including phenoxy) is 1. The Labute approximate surface area is 170 Å². The minimum Gasteiger partial charge on any atom is -0.495 e. The second-order valence-electron chi connectivity index (χ2n) is 6.57. The first-order valence-corrected chi connectivity index (χ1v) is 10.3. The van der Waals surface area contributed by atoms with Crippen LogP contribution >= 0.6 is 0 Å². The van der Waals surface area contributed by atoms with Crippen molar-refractivity contribution in [3.05, 3.63) is 48.3 Å². The Bertz CT molecular complexity index is 1050. The molecule has 0 radical (unpaired) electrons. The number of hydrogen-bond acceptors (Lipinski definition) is 5. The molecule has 1 saturated heterocycles. The fourth-order valence-electron chi connectivity index (χ4n) is 3.18. The summed E-state index contributed by atoms with van der Waals surface area (Å²) in [7, 11) is -2.65. The number of benzene rings is 2. The average molecular weight is 446 g/mol. The maximum absolute atomic E-state index is 13.5. The van der Waals surface area contributed by atoms with E-state index in [1.54, 1.807) is 4.90 Å². The summed E-state index contributed by atoms with van der Waals surface area (Å²) in [6.45, 7) is -0.242. The Morgan fingerprint density at radius 2 is 1.63 bits per heavy atom. The van der Waals surface area contributed by atoms with Crippen LogP contribution in [0, 0.1) is 5.82 Å². The van der Waals surface area contributed by atoms with Gasteiger partial charge < -0.3 is 14.5 Å². The summed E-state index contributed by atoms with van der Waals surface area (Å²) in [6.07, 6.45) is -4.95. The number of piperazine rings is 1. The predicted octanol–water partition coefficient (Wildman–Crippen LogP) is 2.88. The smallest absolute Gasteiger partial charge is 0.471 e. The molecule has 1 amide bonds. The van der Waals surface area contributed by atoms with Gasteiger partial charge in [0.25, 0.3) is 0 Å². The SMILES string of the molecule is COc1ccc(S(=O)(=O)c2cccc(F)c2)cc1N1CCN(C(=O)C(F)(F)F)CC1. The summed E-state index contributed by atoms with van der Waals surface area (Å²) >= 11 is 0. The Morgan fingerprint density at radius 1 is 1.00 bits per heavy atom. The summed E-state index contributed by atoms with van der Waals surface area (Å²) in [5.41, 5.74) is 0.356. The van der Waals surface area contributed by atoms with Crippen LogP contribution in [-0.2, 0) is 14.6 Å². The zero-order valence-corrected chi connectivity index (χ0v) is 16.6. The Balaban J connectivity index is 1.89. The second-order valence-corrected chi connectivity index (χ2v) is 8.52. The van der Waals surface area contributed by atoms with Crippen LogP contribution in [0.2, 0.25) is 0 Å². The van der Waals surface area contributed by atoms with E-state index in [1.807, 2.05) is 0 Å². The third-order valence-electron chi connectivity index (χ3n) is 4.72. The zero-order valence-electron chi connectivity index (χ0n) is 15.8. The highest BCUT2D eigenvalue weighted by Crippen LogP contribution is 2.34. The largest absolute Gasteiger partial charge is 0.495 e. The summed E-state index contributed by atoms with van der Waals surface area (Å²) in [6, 6.07) is 8.65. The van der Waals surface area contributed by atoms with Crippen molar-refractivity contribution in [3.63, 3.8) is 0 Å². The van der Waals surface area contributed by atoms with Crippen LogP contribution in [0.4, 0.5) is 23.2 Å². The molecule has 0 N–H and O–H groups in total.